The van der Waals surface area contributed by atoms with E-state index < -0.39 is 5.00 Å². The molecule has 0 aliphatic rings. The van der Waals surface area contributed by atoms with Crippen molar-refractivity contribution in [3.63, 3.8) is 0 Å². The number of benzene rings is 1. The first-order chi connectivity index (χ1) is 5.17. The average Bonchev–Trinajstić information content (AvgIpc) is 2.06. The van der Waals surface area contributed by atoms with Gasteiger partial charge in [-0.05, 0) is 5.56 Å². The summed E-state index contributed by atoms with van der Waals surface area (Å²) in [6.45, 7) is 3.55. The third-order valence-electron chi connectivity index (χ3n) is 1.51. The highest BCUT2D eigenvalue weighted by Crippen LogP contribution is 2.22. The van der Waals surface area contributed by atoms with Crippen LogP contribution < -0.4 is 5.73 Å². The molecule has 0 aromatic heterocycles. The van der Waals surface area contributed by atoms with Crippen LogP contribution in [0, 0.1) is 0 Å². The van der Waals surface area contributed by atoms with E-state index in [-0.39, 0.29) is 0 Å². The van der Waals surface area contributed by atoms with Crippen molar-refractivity contribution in [3.05, 3.63) is 48.6 Å². The van der Waals surface area contributed by atoms with E-state index in [0.29, 0.717) is 0 Å². The van der Waals surface area contributed by atoms with Crippen LogP contribution in [0.2, 0.25) is 0 Å². The number of alkyl halides is 1. The zero-order valence-corrected chi connectivity index (χ0v) is 6.88. The second kappa shape index (κ2) is 3.07. The second-order valence-corrected chi connectivity index (χ2v) is 2.96. The van der Waals surface area contributed by atoms with E-state index >= 15 is 0 Å². The Balaban J connectivity index is 3.02. The summed E-state index contributed by atoms with van der Waals surface area (Å²) in [5.41, 5.74) is 6.54. The van der Waals surface area contributed by atoms with Crippen LogP contribution in [0.3, 0.4) is 0 Å². The lowest BCUT2D eigenvalue weighted by Gasteiger charge is -2.16. The molecule has 2 N–H and O–H groups in total. The van der Waals surface area contributed by atoms with E-state index in [4.69, 9.17) is 17.3 Å². The van der Waals surface area contributed by atoms with E-state index in [1.165, 1.54) is 6.08 Å². The first kappa shape index (κ1) is 8.31. The molecule has 0 saturated carbocycles. The zero-order chi connectivity index (χ0) is 8.32. The van der Waals surface area contributed by atoms with Crippen molar-refractivity contribution in [1.29, 1.82) is 0 Å². The van der Waals surface area contributed by atoms with Crippen molar-refractivity contribution < 1.29 is 0 Å². The van der Waals surface area contributed by atoms with Crippen LogP contribution in [0.25, 0.3) is 0 Å². The molecule has 1 aromatic carbocycles. The lowest BCUT2D eigenvalue weighted by atomic mass is 10.1. The molecule has 1 aromatic rings. The molecule has 0 heterocycles. The van der Waals surface area contributed by atoms with E-state index in [2.05, 4.69) is 6.58 Å². The van der Waals surface area contributed by atoms with Gasteiger partial charge in [-0.1, -0.05) is 54.6 Å². The Morgan fingerprint density at radius 2 is 1.91 bits per heavy atom. The SMILES string of the molecule is C=CC(N)(Cl)c1ccccc1. The molecule has 0 amide bonds. The van der Waals surface area contributed by atoms with Crippen LogP contribution in [-0.2, 0) is 5.00 Å². The van der Waals surface area contributed by atoms with Crippen LogP contribution in [0.5, 0.6) is 0 Å². The fraction of sp³-hybridized carbons (Fsp3) is 0.111. The van der Waals surface area contributed by atoms with Crippen molar-refractivity contribution in [2.45, 2.75) is 5.00 Å². The lowest BCUT2D eigenvalue weighted by Crippen LogP contribution is -2.26. The van der Waals surface area contributed by atoms with Crippen molar-refractivity contribution in [1.82, 2.24) is 0 Å². The van der Waals surface area contributed by atoms with Gasteiger partial charge in [0.1, 0.15) is 5.00 Å². The third-order valence-corrected chi connectivity index (χ3v) is 1.89. The molecular weight excluding hydrogens is 158 g/mol. The van der Waals surface area contributed by atoms with E-state index in [1.807, 2.05) is 30.3 Å². The van der Waals surface area contributed by atoms with E-state index in [1.54, 1.807) is 0 Å². The highest BCUT2D eigenvalue weighted by atomic mass is 35.5. The standard InChI is InChI=1S/C9H10ClN/c1-2-9(10,11)8-6-4-3-5-7-8/h2-7H,1,11H2. The van der Waals surface area contributed by atoms with Gasteiger partial charge in [0, 0.05) is 0 Å². The minimum Gasteiger partial charge on any atom is -0.306 e. The molecule has 1 nitrogen and oxygen atoms in total. The summed E-state index contributed by atoms with van der Waals surface area (Å²) < 4.78 is 0. The van der Waals surface area contributed by atoms with Crippen LogP contribution >= 0.6 is 11.6 Å². The van der Waals surface area contributed by atoms with Gasteiger partial charge in [0.25, 0.3) is 0 Å². The van der Waals surface area contributed by atoms with Gasteiger partial charge in [-0.2, -0.15) is 0 Å². The largest absolute Gasteiger partial charge is 0.306 e. The monoisotopic (exact) mass is 167 g/mol. The molecule has 2 heteroatoms. The van der Waals surface area contributed by atoms with Crippen LogP contribution in [0.4, 0.5) is 0 Å². The van der Waals surface area contributed by atoms with Crippen LogP contribution in [0.15, 0.2) is 43.0 Å². The van der Waals surface area contributed by atoms with Crippen molar-refractivity contribution >= 4 is 11.6 Å². The van der Waals surface area contributed by atoms with E-state index in [9.17, 15) is 0 Å². The van der Waals surface area contributed by atoms with Gasteiger partial charge in [0.05, 0.1) is 0 Å². The fourth-order valence-corrected chi connectivity index (χ4v) is 0.937. The molecule has 1 unspecified atom stereocenters. The normalized spacial score (nSPS) is 15.5. The van der Waals surface area contributed by atoms with Gasteiger partial charge in [0.15, 0.2) is 0 Å². The molecular formula is C9H10ClN. The van der Waals surface area contributed by atoms with Gasteiger partial charge in [-0.15, -0.1) is 0 Å². The Morgan fingerprint density at radius 1 is 1.36 bits per heavy atom. The highest BCUT2D eigenvalue weighted by molar-refractivity contribution is 6.24. The van der Waals surface area contributed by atoms with Crippen LogP contribution in [-0.4, -0.2) is 0 Å². The minimum atomic E-state index is -0.929. The molecule has 1 atom stereocenters. The number of rotatable bonds is 2. The predicted molar refractivity (Wildman–Crippen MR) is 48.4 cm³/mol. The number of nitrogens with two attached hydrogens (primary N) is 1. The van der Waals surface area contributed by atoms with Crippen molar-refractivity contribution in [2.24, 2.45) is 5.73 Å². The maximum absolute atomic E-state index is 5.91. The van der Waals surface area contributed by atoms with Gasteiger partial charge < -0.3 is 5.73 Å². The molecule has 0 saturated heterocycles. The Hall–Kier alpha value is -0.790. The Bertz CT molecular complexity index is 241. The summed E-state index contributed by atoms with van der Waals surface area (Å²) in [5, 5.41) is 0. The highest BCUT2D eigenvalue weighted by Gasteiger charge is 2.18. The molecule has 1 rings (SSSR count). The van der Waals surface area contributed by atoms with Gasteiger partial charge in [-0.25, -0.2) is 0 Å². The van der Waals surface area contributed by atoms with Gasteiger partial charge >= 0.3 is 0 Å². The molecule has 58 valence electrons. The summed E-state index contributed by atoms with van der Waals surface area (Å²) in [4.78, 5) is -0.929. The Kier molecular flexibility index (Phi) is 2.32. The maximum atomic E-state index is 5.91. The Morgan fingerprint density at radius 3 is 2.36 bits per heavy atom. The van der Waals surface area contributed by atoms with Gasteiger partial charge in [-0.3, -0.25) is 0 Å². The molecule has 0 spiro atoms. The smallest absolute Gasteiger partial charge is 0.135 e. The summed E-state index contributed by atoms with van der Waals surface area (Å²) >= 11 is 5.91. The summed E-state index contributed by atoms with van der Waals surface area (Å²) in [6, 6.07) is 9.44. The lowest BCUT2D eigenvalue weighted by molar-refractivity contribution is 0.813. The van der Waals surface area contributed by atoms with Crippen molar-refractivity contribution in [2.75, 3.05) is 0 Å². The van der Waals surface area contributed by atoms with E-state index in [0.717, 1.165) is 5.56 Å². The predicted octanol–water partition coefficient (Wildman–Crippen LogP) is 2.22. The molecule has 0 aliphatic heterocycles. The second-order valence-electron chi connectivity index (χ2n) is 2.34. The van der Waals surface area contributed by atoms with Crippen LogP contribution in [0.1, 0.15) is 5.56 Å². The topological polar surface area (TPSA) is 26.0 Å². The number of hydrogen-bond donors (Lipinski definition) is 1. The zero-order valence-electron chi connectivity index (χ0n) is 6.13. The number of halogens is 1. The maximum Gasteiger partial charge on any atom is 0.135 e. The average molecular weight is 168 g/mol. The first-order valence-corrected chi connectivity index (χ1v) is 3.71. The molecule has 0 aliphatic carbocycles. The molecule has 0 bridgehead atoms. The molecule has 0 radical (unpaired) electrons. The minimum absolute atomic E-state index is 0.858. The molecule has 11 heavy (non-hydrogen) atoms. The first-order valence-electron chi connectivity index (χ1n) is 3.34. The number of hydrogen-bond acceptors (Lipinski definition) is 1. The van der Waals surface area contributed by atoms with Gasteiger partial charge in [0.2, 0.25) is 0 Å². The Labute approximate surface area is 71.5 Å². The third kappa shape index (κ3) is 1.82. The fourth-order valence-electron chi connectivity index (χ4n) is 0.811. The summed E-state index contributed by atoms with van der Waals surface area (Å²) in [6.07, 6.45) is 1.52. The summed E-state index contributed by atoms with van der Waals surface area (Å²) in [5.74, 6) is 0. The molecule has 0 fully saturated rings. The summed E-state index contributed by atoms with van der Waals surface area (Å²) in [7, 11) is 0. The quantitative estimate of drug-likeness (QED) is 0.408. The van der Waals surface area contributed by atoms with Crippen molar-refractivity contribution in [3.8, 4) is 0 Å².